The molecule has 1 amide bonds. The maximum absolute atomic E-state index is 13.0. The van der Waals surface area contributed by atoms with Crippen LogP contribution in [0, 0.1) is 0 Å². The second kappa shape index (κ2) is 9.75. The monoisotopic (exact) mass is 489 g/mol. The van der Waals surface area contributed by atoms with Gasteiger partial charge >= 0.3 is 0 Å². The zero-order chi connectivity index (χ0) is 21.8. The number of hydrogen-bond acceptors (Lipinski definition) is 5. The zero-order valence-electron chi connectivity index (χ0n) is 15.8. The molecule has 2 heterocycles. The Morgan fingerprint density at radius 2 is 1.84 bits per heavy atom. The summed E-state index contributed by atoms with van der Waals surface area (Å²) in [5.41, 5.74) is 1.48. The van der Waals surface area contributed by atoms with Gasteiger partial charge < -0.3 is 4.42 Å². The van der Waals surface area contributed by atoms with Crippen molar-refractivity contribution in [2.75, 3.05) is 0 Å². The summed E-state index contributed by atoms with van der Waals surface area (Å²) in [5.74, 6) is 0.447. The van der Waals surface area contributed by atoms with Crippen LogP contribution in [0.4, 0.5) is 0 Å². The average molecular weight is 491 g/mol. The van der Waals surface area contributed by atoms with Crippen molar-refractivity contribution in [2.24, 2.45) is 10.2 Å². The molecule has 0 N–H and O–H groups in total. The number of hydrogen-bond donors (Lipinski definition) is 0. The fourth-order valence-corrected chi connectivity index (χ4v) is 4.17. The summed E-state index contributed by atoms with van der Waals surface area (Å²) in [6, 6.07) is 16.0. The molecule has 0 atom stereocenters. The van der Waals surface area contributed by atoms with Gasteiger partial charge in [-0.1, -0.05) is 59.1 Å². The number of carbonyl (C=O) groups excluding carboxylic acids is 1. The first kappa shape index (κ1) is 21.7. The third kappa shape index (κ3) is 5.22. The van der Waals surface area contributed by atoms with Gasteiger partial charge in [-0.3, -0.25) is 9.69 Å². The fraction of sp³-hybridized carbons (Fsp3) is 0.0455. The SMILES string of the molecule is O=C1/C(=C/c2ccc(Cl)cc2)S/C(=N\N=C\c2cccc(Cl)c2Cl)N1Cc1ccco1. The molecule has 1 saturated heterocycles. The van der Waals surface area contributed by atoms with E-state index in [9.17, 15) is 4.79 Å². The Kier molecular flexibility index (Phi) is 6.83. The van der Waals surface area contributed by atoms with E-state index in [1.165, 1.54) is 22.9 Å². The largest absolute Gasteiger partial charge is 0.467 e. The summed E-state index contributed by atoms with van der Waals surface area (Å²) in [7, 11) is 0. The van der Waals surface area contributed by atoms with E-state index in [1.807, 2.05) is 12.1 Å². The molecule has 0 bridgehead atoms. The van der Waals surface area contributed by atoms with Crippen LogP contribution in [0.2, 0.25) is 15.1 Å². The highest BCUT2D eigenvalue weighted by Gasteiger charge is 2.34. The van der Waals surface area contributed by atoms with Gasteiger partial charge in [-0.05, 0) is 53.7 Å². The van der Waals surface area contributed by atoms with Crippen molar-refractivity contribution in [3.05, 3.63) is 97.7 Å². The zero-order valence-corrected chi connectivity index (χ0v) is 18.9. The predicted octanol–water partition coefficient (Wildman–Crippen LogP) is 6.75. The Labute approximate surface area is 198 Å². The van der Waals surface area contributed by atoms with Crippen molar-refractivity contribution < 1.29 is 9.21 Å². The van der Waals surface area contributed by atoms with E-state index >= 15 is 0 Å². The molecule has 1 aliphatic heterocycles. The molecule has 9 heteroatoms. The molecule has 4 rings (SSSR count). The summed E-state index contributed by atoms with van der Waals surface area (Å²) < 4.78 is 5.40. The van der Waals surface area contributed by atoms with Gasteiger partial charge in [0.2, 0.25) is 0 Å². The predicted molar refractivity (Wildman–Crippen MR) is 128 cm³/mol. The molecule has 1 aliphatic rings. The van der Waals surface area contributed by atoms with E-state index < -0.39 is 0 Å². The van der Waals surface area contributed by atoms with Crippen LogP contribution in [0.15, 0.2) is 80.4 Å². The third-order valence-corrected chi connectivity index (χ3v) is 6.35. The molecular weight excluding hydrogens is 477 g/mol. The van der Waals surface area contributed by atoms with Crippen LogP contribution in [0.5, 0.6) is 0 Å². The number of amides is 1. The number of halogens is 3. The van der Waals surface area contributed by atoms with Crippen LogP contribution in [-0.4, -0.2) is 22.2 Å². The van der Waals surface area contributed by atoms with Gasteiger partial charge in [-0.15, -0.1) is 5.10 Å². The minimum absolute atomic E-state index is 0.189. The summed E-state index contributed by atoms with van der Waals surface area (Å²) in [6.45, 7) is 0.239. The first-order chi connectivity index (χ1) is 15.0. The van der Waals surface area contributed by atoms with E-state index in [2.05, 4.69) is 10.2 Å². The van der Waals surface area contributed by atoms with Gasteiger partial charge in [0.25, 0.3) is 5.91 Å². The highest BCUT2D eigenvalue weighted by Crippen LogP contribution is 2.34. The van der Waals surface area contributed by atoms with E-state index in [0.29, 0.717) is 36.5 Å². The maximum atomic E-state index is 13.0. The summed E-state index contributed by atoms with van der Waals surface area (Å²) in [4.78, 5) is 15.1. The Hall–Kier alpha value is -2.51. The standard InChI is InChI=1S/C22H14Cl3N3O2S/c23-16-8-6-14(7-9-16)11-19-21(29)28(13-17-4-2-10-30-17)22(31-19)27-26-12-15-3-1-5-18(24)20(15)25/h1-12H,13H2/b19-11-,26-12+,27-22-. The van der Waals surface area contributed by atoms with E-state index in [4.69, 9.17) is 39.2 Å². The lowest BCUT2D eigenvalue weighted by Crippen LogP contribution is -2.28. The molecule has 2 aromatic carbocycles. The molecule has 0 spiro atoms. The van der Waals surface area contributed by atoms with Gasteiger partial charge in [0.1, 0.15) is 5.76 Å². The molecular formula is C22H14Cl3N3O2S. The molecule has 31 heavy (non-hydrogen) atoms. The van der Waals surface area contributed by atoms with Crippen LogP contribution >= 0.6 is 46.6 Å². The summed E-state index contributed by atoms with van der Waals surface area (Å²) in [5, 5.41) is 10.2. The van der Waals surface area contributed by atoms with E-state index in [0.717, 1.165) is 5.56 Å². The van der Waals surface area contributed by atoms with Crippen molar-refractivity contribution in [1.29, 1.82) is 0 Å². The van der Waals surface area contributed by atoms with Crippen molar-refractivity contribution in [1.82, 2.24) is 4.90 Å². The Morgan fingerprint density at radius 3 is 2.58 bits per heavy atom. The van der Waals surface area contributed by atoms with Crippen molar-refractivity contribution in [3.63, 3.8) is 0 Å². The highest BCUT2D eigenvalue weighted by atomic mass is 35.5. The number of thioether (sulfide) groups is 1. The molecule has 0 radical (unpaired) electrons. The van der Waals surface area contributed by atoms with Crippen LogP contribution in [-0.2, 0) is 11.3 Å². The molecule has 1 fully saturated rings. The van der Waals surface area contributed by atoms with Crippen LogP contribution in [0.25, 0.3) is 6.08 Å². The summed E-state index contributed by atoms with van der Waals surface area (Å²) >= 11 is 19.4. The van der Waals surface area contributed by atoms with Gasteiger partial charge in [-0.2, -0.15) is 5.10 Å². The lowest BCUT2D eigenvalue weighted by molar-refractivity contribution is -0.122. The average Bonchev–Trinajstić information content (AvgIpc) is 3.37. The highest BCUT2D eigenvalue weighted by molar-refractivity contribution is 8.18. The Bertz CT molecular complexity index is 1190. The minimum Gasteiger partial charge on any atom is -0.467 e. The van der Waals surface area contributed by atoms with Gasteiger partial charge in [0.15, 0.2) is 5.17 Å². The minimum atomic E-state index is -0.189. The fourth-order valence-electron chi connectivity index (χ4n) is 2.75. The second-order valence-electron chi connectivity index (χ2n) is 6.40. The number of benzene rings is 2. The molecule has 1 aromatic heterocycles. The molecule has 0 aliphatic carbocycles. The topological polar surface area (TPSA) is 58.2 Å². The van der Waals surface area contributed by atoms with E-state index in [-0.39, 0.29) is 12.5 Å². The van der Waals surface area contributed by atoms with Gasteiger partial charge in [0.05, 0.1) is 34.0 Å². The quantitative estimate of drug-likeness (QED) is 0.226. The normalized spacial score (nSPS) is 16.9. The number of amidine groups is 1. The first-order valence-corrected chi connectivity index (χ1v) is 11.0. The van der Waals surface area contributed by atoms with Crippen LogP contribution in [0.3, 0.4) is 0 Å². The van der Waals surface area contributed by atoms with Gasteiger partial charge in [-0.25, -0.2) is 0 Å². The lowest BCUT2D eigenvalue weighted by Gasteiger charge is -2.12. The first-order valence-electron chi connectivity index (χ1n) is 9.05. The third-order valence-electron chi connectivity index (χ3n) is 4.27. The van der Waals surface area contributed by atoms with Crippen molar-refractivity contribution >= 4 is 69.9 Å². The number of furan rings is 1. The van der Waals surface area contributed by atoms with Crippen LogP contribution < -0.4 is 0 Å². The number of rotatable bonds is 5. The molecule has 5 nitrogen and oxygen atoms in total. The second-order valence-corrected chi connectivity index (χ2v) is 8.63. The molecule has 0 unspecified atom stereocenters. The molecule has 156 valence electrons. The van der Waals surface area contributed by atoms with E-state index in [1.54, 1.807) is 54.8 Å². The summed E-state index contributed by atoms with van der Waals surface area (Å²) in [6.07, 6.45) is 4.85. The molecule has 3 aromatic rings. The number of carbonyl (C=O) groups is 1. The number of nitrogens with zero attached hydrogens (tertiary/aromatic N) is 3. The van der Waals surface area contributed by atoms with Crippen LogP contribution in [0.1, 0.15) is 16.9 Å². The van der Waals surface area contributed by atoms with Crippen molar-refractivity contribution in [2.45, 2.75) is 6.54 Å². The van der Waals surface area contributed by atoms with Gasteiger partial charge in [0, 0.05) is 10.6 Å². The Morgan fingerprint density at radius 1 is 1.03 bits per heavy atom. The lowest BCUT2D eigenvalue weighted by atomic mass is 10.2. The van der Waals surface area contributed by atoms with Crippen molar-refractivity contribution in [3.8, 4) is 0 Å². The maximum Gasteiger partial charge on any atom is 0.267 e. The smallest absolute Gasteiger partial charge is 0.267 e. The molecule has 0 saturated carbocycles. The Balaban J connectivity index is 1.63.